The van der Waals surface area contributed by atoms with E-state index in [0.29, 0.717) is 19.6 Å². The smallest absolute Gasteiger partial charge is 0.184 e. The molecule has 2 aromatic rings. The Morgan fingerprint density at radius 2 is 1.50 bits per heavy atom. The number of ether oxygens (including phenoxy) is 5. The highest BCUT2D eigenvalue weighted by Crippen LogP contribution is 2.35. The standard InChI is InChI=1S/C28H37BrO5/c29-17-11-3-1-2-4-12-18-30-24-19-26(31-20-22-13-7-5-8-14-22)33-25-21-32-28(34-27(24)25)23-15-9-6-10-16-23/h5-10,13-16,24-28H,1-4,11-12,17-21H2/t24-,25-,26-,27+,28?/m1/s1. The van der Waals surface area contributed by atoms with Gasteiger partial charge in [0.15, 0.2) is 12.6 Å². The van der Waals surface area contributed by atoms with E-state index in [9.17, 15) is 0 Å². The molecule has 0 bridgehead atoms. The lowest BCUT2D eigenvalue weighted by Crippen LogP contribution is -2.56. The maximum atomic E-state index is 6.40. The number of fused-ring (bicyclic) bond motifs is 1. The van der Waals surface area contributed by atoms with Crippen LogP contribution in [-0.4, -0.2) is 43.1 Å². The summed E-state index contributed by atoms with van der Waals surface area (Å²) in [6, 6.07) is 20.3. The van der Waals surface area contributed by atoms with Crippen LogP contribution in [-0.2, 0) is 30.3 Å². The van der Waals surface area contributed by atoms with Gasteiger partial charge in [0.05, 0.1) is 19.3 Å². The van der Waals surface area contributed by atoms with Crippen molar-refractivity contribution in [2.45, 2.75) is 82.4 Å². The van der Waals surface area contributed by atoms with Crippen LogP contribution in [0.15, 0.2) is 60.7 Å². The van der Waals surface area contributed by atoms with Crippen molar-refractivity contribution < 1.29 is 23.7 Å². The molecule has 0 aromatic heterocycles. The van der Waals surface area contributed by atoms with Crippen molar-refractivity contribution in [2.24, 2.45) is 0 Å². The van der Waals surface area contributed by atoms with Crippen LogP contribution in [0.5, 0.6) is 0 Å². The Morgan fingerprint density at radius 3 is 2.26 bits per heavy atom. The number of alkyl halides is 1. The summed E-state index contributed by atoms with van der Waals surface area (Å²) in [4.78, 5) is 0. The average molecular weight is 534 g/mol. The third-order valence-corrected chi connectivity index (χ3v) is 6.95. The highest BCUT2D eigenvalue weighted by atomic mass is 79.9. The largest absolute Gasteiger partial charge is 0.375 e. The number of halogens is 1. The Balaban J connectivity index is 1.31. The van der Waals surface area contributed by atoms with Crippen LogP contribution in [0.1, 0.15) is 62.4 Å². The minimum Gasteiger partial charge on any atom is -0.375 e. The maximum Gasteiger partial charge on any atom is 0.184 e. The van der Waals surface area contributed by atoms with Crippen LogP contribution in [0.25, 0.3) is 0 Å². The molecule has 34 heavy (non-hydrogen) atoms. The Morgan fingerprint density at radius 1 is 0.794 bits per heavy atom. The van der Waals surface area contributed by atoms with E-state index in [4.69, 9.17) is 23.7 Å². The summed E-state index contributed by atoms with van der Waals surface area (Å²) in [7, 11) is 0. The second-order valence-corrected chi connectivity index (χ2v) is 9.83. The molecule has 0 radical (unpaired) electrons. The minimum absolute atomic E-state index is 0.0805. The summed E-state index contributed by atoms with van der Waals surface area (Å²) in [5.74, 6) is 0. The molecule has 0 amide bonds. The van der Waals surface area contributed by atoms with E-state index in [1.54, 1.807) is 0 Å². The first-order chi connectivity index (χ1) is 16.8. The zero-order valence-electron chi connectivity index (χ0n) is 19.9. The quantitative estimate of drug-likeness (QED) is 0.216. The van der Waals surface area contributed by atoms with Gasteiger partial charge in [-0.3, -0.25) is 0 Å². The lowest BCUT2D eigenvalue weighted by Gasteiger charge is -2.45. The van der Waals surface area contributed by atoms with Crippen molar-refractivity contribution in [3.05, 3.63) is 71.8 Å². The molecule has 5 atom stereocenters. The third kappa shape index (κ3) is 7.87. The monoisotopic (exact) mass is 532 g/mol. The van der Waals surface area contributed by atoms with Gasteiger partial charge in [0, 0.05) is 23.9 Å². The van der Waals surface area contributed by atoms with Gasteiger partial charge < -0.3 is 23.7 Å². The van der Waals surface area contributed by atoms with Crippen molar-refractivity contribution in [1.82, 2.24) is 0 Å². The Hall–Kier alpha value is -1.28. The van der Waals surface area contributed by atoms with E-state index in [1.807, 2.05) is 48.5 Å². The van der Waals surface area contributed by atoms with Gasteiger partial charge in [0.1, 0.15) is 12.2 Å². The zero-order valence-corrected chi connectivity index (χ0v) is 21.4. The molecule has 186 valence electrons. The van der Waals surface area contributed by atoms with Crippen LogP contribution >= 0.6 is 15.9 Å². The molecule has 5 nitrogen and oxygen atoms in total. The molecule has 0 saturated carbocycles. The summed E-state index contributed by atoms with van der Waals surface area (Å²) in [6.07, 6.45) is 6.84. The van der Waals surface area contributed by atoms with E-state index in [1.165, 1.54) is 32.1 Å². The molecular weight excluding hydrogens is 496 g/mol. The zero-order chi connectivity index (χ0) is 23.4. The van der Waals surface area contributed by atoms with Crippen LogP contribution in [0.4, 0.5) is 0 Å². The first-order valence-electron chi connectivity index (χ1n) is 12.6. The van der Waals surface area contributed by atoms with Gasteiger partial charge in [-0.25, -0.2) is 0 Å². The predicted octanol–water partition coefficient (Wildman–Crippen LogP) is 6.55. The summed E-state index contributed by atoms with van der Waals surface area (Å²) in [5, 5.41) is 1.10. The highest BCUT2D eigenvalue weighted by Gasteiger charge is 2.45. The number of hydrogen-bond acceptors (Lipinski definition) is 5. The molecule has 2 heterocycles. The second kappa shape index (κ2) is 14.3. The molecule has 2 aromatic carbocycles. The predicted molar refractivity (Wildman–Crippen MR) is 136 cm³/mol. The highest BCUT2D eigenvalue weighted by molar-refractivity contribution is 9.09. The molecule has 2 aliphatic heterocycles. The average Bonchev–Trinajstić information content (AvgIpc) is 2.90. The summed E-state index contributed by atoms with van der Waals surface area (Å²) < 4.78 is 31.2. The van der Waals surface area contributed by atoms with E-state index < -0.39 is 6.29 Å². The van der Waals surface area contributed by atoms with Crippen molar-refractivity contribution in [3.8, 4) is 0 Å². The Bertz CT molecular complexity index is 805. The van der Waals surface area contributed by atoms with Crippen LogP contribution < -0.4 is 0 Å². The fourth-order valence-corrected chi connectivity index (χ4v) is 4.92. The van der Waals surface area contributed by atoms with Crippen LogP contribution in [0.3, 0.4) is 0 Å². The molecule has 2 saturated heterocycles. The minimum atomic E-state index is -0.395. The SMILES string of the molecule is BrCCCCCCCCO[C@@H]1C[C@H](OCc2ccccc2)O[C@@H]2COC(c3ccccc3)O[C@@H]12. The van der Waals surface area contributed by atoms with Crippen molar-refractivity contribution >= 4 is 15.9 Å². The summed E-state index contributed by atoms with van der Waals surface area (Å²) >= 11 is 3.50. The van der Waals surface area contributed by atoms with E-state index >= 15 is 0 Å². The molecule has 2 aliphatic rings. The second-order valence-electron chi connectivity index (χ2n) is 9.03. The lowest BCUT2D eigenvalue weighted by atomic mass is 9.99. The summed E-state index contributed by atoms with van der Waals surface area (Å²) in [5.41, 5.74) is 2.15. The normalized spacial score (nSPS) is 26.8. The van der Waals surface area contributed by atoms with Crippen LogP contribution in [0, 0.1) is 0 Å². The fraction of sp³-hybridized carbons (Fsp3) is 0.571. The molecule has 0 spiro atoms. The first-order valence-corrected chi connectivity index (χ1v) is 13.8. The fourth-order valence-electron chi connectivity index (χ4n) is 4.52. The van der Waals surface area contributed by atoms with Crippen LogP contribution in [0.2, 0.25) is 0 Å². The molecular formula is C28H37BrO5. The number of rotatable bonds is 13. The molecule has 6 heteroatoms. The lowest BCUT2D eigenvalue weighted by molar-refractivity contribution is -0.342. The van der Waals surface area contributed by atoms with Gasteiger partial charge in [-0.15, -0.1) is 0 Å². The van der Waals surface area contributed by atoms with Gasteiger partial charge in [-0.1, -0.05) is 102 Å². The van der Waals surface area contributed by atoms with Crippen molar-refractivity contribution in [2.75, 3.05) is 18.5 Å². The van der Waals surface area contributed by atoms with Crippen molar-refractivity contribution in [1.29, 1.82) is 0 Å². The molecule has 2 fully saturated rings. The Labute approximate surface area is 212 Å². The van der Waals surface area contributed by atoms with Gasteiger partial charge >= 0.3 is 0 Å². The third-order valence-electron chi connectivity index (χ3n) is 6.39. The molecule has 0 aliphatic carbocycles. The topological polar surface area (TPSA) is 46.2 Å². The van der Waals surface area contributed by atoms with Crippen molar-refractivity contribution in [3.63, 3.8) is 0 Å². The van der Waals surface area contributed by atoms with Gasteiger partial charge in [-0.05, 0) is 18.4 Å². The van der Waals surface area contributed by atoms with E-state index in [0.717, 1.165) is 29.5 Å². The first kappa shape index (κ1) is 25.8. The molecule has 0 N–H and O–H groups in total. The number of benzene rings is 2. The Kier molecular flexibility index (Phi) is 10.9. The number of unbranched alkanes of at least 4 members (excludes halogenated alkanes) is 5. The van der Waals surface area contributed by atoms with Gasteiger partial charge in [-0.2, -0.15) is 0 Å². The van der Waals surface area contributed by atoms with Gasteiger partial charge in [0.25, 0.3) is 0 Å². The maximum absolute atomic E-state index is 6.40. The molecule has 4 rings (SSSR count). The van der Waals surface area contributed by atoms with E-state index in [2.05, 4.69) is 28.1 Å². The molecule has 1 unspecified atom stereocenters. The van der Waals surface area contributed by atoms with Gasteiger partial charge in [0.2, 0.25) is 0 Å². The van der Waals surface area contributed by atoms with E-state index in [-0.39, 0.29) is 24.6 Å². The summed E-state index contributed by atoms with van der Waals surface area (Å²) in [6.45, 7) is 1.71. The number of hydrogen-bond donors (Lipinski definition) is 0.